The monoisotopic (exact) mass is 365 g/mol. The van der Waals surface area contributed by atoms with Gasteiger partial charge in [0.25, 0.3) is 0 Å². The molecule has 4 heteroatoms. The van der Waals surface area contributed by atoms with E-state index in [4.69, 9.17) is 9.47 Å². The number of rotatable bonds is 6. The van der Waals surface area contributed by atoms with Crippen LogP contribution < -0.4 is 0 Å². The van der Waals surface area contributed by atoms with Crippen molar-refractivity contribution in [2.45, 2.75) is 37.6 Å². The highest BCUT2D eigenvalue weighted by Crippen LogP contribution is 2.49. The molecule has 0 N–H and O–H groups in total. The van der Waals surface area contributed by atoms with E-state index in [1.807, 2.05) is 29.2 Å². The minimum atomic E-state index is -0.708. The molecular weight excluding hydrogens is 338 g/mol. The van der Waals surface area contributed by atoms with Gasteiger partial charge in [-0.25, -0.2) is 0 Å². The van der Waals surface area contributed by atoms with Crippen LogP contribution in [0.5, 0.6) is 0 Å². The van der Waals surface area contributed by atoms with Crippen LogP contribution in [0.25, 0.3) is 0 Å². The average Bonchev–Trinajstić information content (AvgIpc) is 2.72. The topological polar surface area (TPSA) is 38.8 Å². The van der Waals surface area contributed by atoms with Crippen LogP contribution in [0.1, 0.15) is 24.0 Å². The molecule has 27 heavy (non-hydrogen) atoms. The number of piperidine rings is 2. The standard InChI is InChI=1S/C23H27NO3/c1-26-23(27-2)15-20-19(13-17-9-5-3-6-10-17)14-21(23)24(22(20)25)16-18-11-7-4-8-12-18/h3-12,19-21H,13-16H2,1-2H3/t19-,20-,21+/m0/s1. The first kappa shape index (κ1) is 18.2. The van der Waals surface area contributed by atoms with Crippen LogP contribution in [0.3, 0.4) is 0 Å². The molecule has 0 spiro atoms. The van der Waals surface area contributed by atoms with E-state index < -0.39 is 5.79 Å². The van der Waals surface area contributed by atoms with Gasteiger partial charge in [0.15, 0.2) is 5.79 Å². The number of benzene rings is 2. The van der Waals surface area contributed by atoms with Crippen molar-refractivity contribution in [2.24, 2.45) is 11.8 Å². The van der Waals surface area contributed by atoms with E-state index in [9.17, 15) is 4.79 Å². The van der Waals surface area contributed by atoms with Gasteiger partial charge in [0, 0.05) is 33.1 Å². The number of hydrogen-bond donors (Lipinski definition) is 0. The minimum absolute atomic E-state index is 0.0704. The zero-order chi connectivity index (χ0) is 18.9. The lowest BCUT2D eigenvalue weighted by atomic mass is 9.66. The molecule has 0 unspecified atom stereocenters. The average molecular weight is 365 g/mol. The van der Waals surface area contributed by atoms with E-state index in [0.717, 1.165) is 18.4 Å². The van der Waals surface area contributed by atoms with Crippen LogP contribution in [0, 0.1) is 11.8 Å². The molecule has 2 aromatic rings. The van der Waals surface area contributed by atoms with Crippen LogP contribution >= 0.6 is 0 Å². The van der Waals surface area contributed by atoms with Gasteiger partial charge in [-0.1, -0.05) is 60.7 Å². The van der Waals surface area contributed by atoms with Crippen molar-refractivity contribution in [3.05, 3.63) is 71.8 Å². The third kappa shape index (κ3) is 3.28. The van der Waals surface area contributed by atoms with E-state index in [1.54, 1.807) is 14.2 Å². The van der Waals surface area contributed by atoms with Crippen molar-refractivity contribution in [2.75, 3.05) is 14.2 Å². The summed E-state index contributed by atoms with van der Waals surface area (Å²) in [6.45, 7) is 0.605. The van der Waals surface area contributed by atoms with Crippen LogP contribution in [0.4, 0.5) is 0 Å². The molecular formula is C23H27NO3. The van der Waals surface area contributed by atoms with Gasteiger partial charge in [0.05, 0.1) is 6.04 Å². The van der Waals surface area contributed by atoms with Gasteiger partial charge in [-0.2, -0.15) is 0 Å². The number of carbonyl (C=O) groups excluding carboxylic acids is 1. The van der Waals surface area contributed by atoms with Gasteiger partial charge in [-0.3, -0.25) is 4.79 Å². The molecule has 3 fully saturated rings. The SMILES string of the molecule is COC1(OC)C[C@@H]2C(=O)N(Cc3ccccc3)[C@@H]1C[C@@H]2Cc1ccccc1. The van der Waals surface area contributed by atoms with Gasteiger partial charge in [-0.15, -0.1) is 0 Å². The molecule has 2 saturated heterocycles. The Morgan fingerprint density at radius 3 is 2.15 bits per heavy atom. The highest BCUT2D eigenvalue weighted by atomic mass is 16.7. The Kier molecular flexibility index (Phi) is 5.02. The molecule has 1 saturated carbocycles. The van der Waals surface area contributed by atoms with E-state index in [1.165, 1.54) is 5.56 Å². The van der Waals surface area contributed by atoms with Crippen molar-refractivity contribution in [1.29, 1.82) is 0 Å². The van der Waals surface area contributed by atoms with E-state index >= 15 is 0 Å². The summed E-state index contributed by atoms with van der Waals surface area (Å²) in [5, 5.41) is 0. The largest absolute Gasteiger partial charge is 0.351 e. The Balaban J connectivity index is 1.61. The fraction of sp³-hybridized carbons (Fsp3) is 0.435. The Hall–Kier alpha value is -2.17. The summed E-state index contributed by atoms with van der Waals surface area (Å²) in [6.07, 6.45) is 2.46. The molecule has 5 rings (SSSR count). The van der Waals surface area contributed by atoms with Crippen molar-refractivity contribution in [3.8, 4) is 0 Å². The van der Waals surface area contributed by atoms with Crippen molar-refractivity contribution >= 4 is 5.91 Å². The summed E-state index contributed by atoms with van der Waals surface area (Å²) in [6, 6.07) is 20.5. The zero-order valence-electron chi connectivity index (χ0n) is 16.0. The molecule has 0 aromatic heterocycles. The summed E-state index contributed by atoms with van der Waals surface area (Å²) < 4.78 is 11.7. The van der Waals surface area contributed by atoms with Gasteiger partial charge < -0.3 is 14.4 Å². The predicted octanol–water partition coefficient (Wildman–Crippen LogP) is 3.66. The summed E-state index contributed by atoms with van der Waals surface area (Å²) in [4.78, 5) is 15.3. The second-order valence-corrected chi connectivity index (χ2v) is 7.68. The molecule has 0 radical (unpaired) electrons. The number of nitrogens with zero attached hydrogens (tertiary/aromatic N) is 1. The molecule has 2 aliphatic heterocycles. The van der Waals surface area contributed by atoms with Gasteiger partial charge in [0.2, 0.25) is 5.91 Å². The zero-order valence-corrected chi connectivity index (χ0v) is 16.0. The first-order valence-corrected chi connectivity index (χ1v) is 9.65. The van der Waals surface area contributed by atoms with Gasteiger partial charge in [0.1, 0.15) is 0 Å². The molecule has 142 valence electrons. The Labute approximate surface area is 161 Å². The third-order valence-corrected chi connectivity index (χ3v) is 6.31. The van der Waals surface area contributed by atoms with Gasteiger partial charge >= 0.3 is 0 Å². The lowest BCUT2D eigenvalue weighted by molar-refractivity contribution is -0.286. The second kappa shape index (κ2) is 7.45. The van der Waals surface area contributed by atoms with Crippen molar-refractivity contribution in [3.63, 3.8) is 0 Å². The predicted molar refractivity (Wildman–Crippen MR) is 104 cm³/mol. The van der Waals surface area contributed by atoms with Crippen LogP contribution in [0.15, 0.2) is 60.7 Å². The number of amides is 1. The number of ether oxygens (including phenoxy) is 2. The van der Waals surface area contributed by atoms with E-state index in [0.29, 0.717) is 18.9 Å². The summed E-state index contributed by atoms with van der Waals surface area (Å²) >= 11 is 0. The Morgan fingerprint density at radius 1 is 0.963 bits per heavy atom. The molecule has 1 aliphatic carbocycles. The van der Waals surface area contributed by atoms with E-state index in [-0.39, 0.29) is 17.9 Å². The third-order valence-electron chi connectivity index (χ3n) is 6.31. The quantitative estimate of drug-likeness (QED) is 0.734. The van der Waals surface area contributed by atoms with Gasteiger partial charge in [-0.05, 0) is 29.9 Å². The maximum Gasteiger partial charge on any atom is 0.226 e. The van der Waals surface area contributed by atoms with Crippen LogP contribution in [-0.4, -0.2) is 36.9 Å². The summed E-state index contributed by atoms with van der Waals surface area (Å²) in [5.41, 5.74) is 2.43. The fourth-order valence-electron chi connectivity index (χ4n) is 4.89. The number of hydrogen-bond acceptors (Lipinski definition) is 3. The molecule has 1 amide bonds. The fourth-order valence-corrected chi connectivity index (χ4v) is 4.89. The minimum Gasteiger partial charge on any atom is -0.351 e. The normalized spacial score (nSPS) is 26.4. The number of carbonyl (C=O) groups is 1. The highest BCUT2D eigenvalue weighted by molar-refractivity contribution is 5.82. The molecule has 2 heterocycles. The lowest BCUT2D eigenvalue weighted by Crippen LogP contribution is -2.68. The first-order valence-electron chi connectivity index (χ1n) is 9.65. The highest BCUT2D eigenvalue weighted by Gasteiger charge is 2.59. The lowest BCUT2D eigenvalue weighted by Gasteiger charge is -2.57. The molecule has 3 aliphatic rings. The molecule has 2 aromatic carbocycles. The first-order chi connectivity index (χ1) is 13.2. The number of methoxy groups -OCH3 is 2. The number of fused-ring (bicyclic) bond motifs is 3. The van der Waals surface area contributed by atoms with Crippen molar-refractivity contribution in [1.82, 2.24) is 4.90 Å². The smallest absolute Gasteiger partial charge is 0.226 e. The molecule has 2 bridgehead atoms. The van der Waals surface area contributed by atoms with Crippen LogP contribution in [-0.2, 0) is 27.2 Å². The second-order valence-electron chi connectivity index (χ2n) is 7.68. The maximum absolute atomic E-state index is 13.3. The van der Waals surface area contributed by atoms with Crippen molar-refractivity contribution < 1.29 is 14.3 Å². The summed E-state index contributed by atoms with van der Waals surface area (Å²) in [7, 11) is 3.39. The Bertz CT molecular complexity index is 773. The molecule has 3 atom stereocenters. The molecule has 4 nitrogen and oxygen atoms in total. The van der Waals surface area contributed by atoms with E-state index in [2.05, 4.69) is 36.4 Å². The maximum atomic E-state index is 13.3. The summed E-state index contributed by atoms with van der Waals surface area (Å²) in [5.74, 6) is -0.212. The van der Waals surface area contributed by atoms with Crippen LogP contribution in [0.2, 0.25) is 0 Å². The Morgan fingerprint density at radius 2 is 1.56 bits per heavy atom.